The molecule has 3 atom stereocenters. The van der Waals surface area contributed by atoms with Crippen LogP contribution in [0.3, 0.4) is 0 Å². The fourth-order valence-corrected chi connectivity index (χ4v) is 3.10. The maximum Gasteiger partial charge on any atom is 0.237 e. The topological polar surface area (TPSA) is 55.1 Å². The molecule has 3 nitrogen and oxygen atoms in total. The van der Waals surface area contributed by atoms with Gasteiger partial charge in [0, 0.05) is 4.88 Å². The van der Waals surface area contributed by atoms with Crippen LogP contribution in [0, 0.1) is 0 Å². The molecule has 0 aliphatic rings. The average molecular weight is 316 g/mol. The van der Waals surface area contributed by atoms with Crippen molar-refractivity contribution in [3.8, 4) is 0 Å². The molecular weight excluding hydrogens is 292 g/mol. The van der Waals surface area contributed by atoms with Crippen molar-refractivity contribution in [2.24, 2.45) is 5.73 Å². The van der Waals surface area contributed by atoms with Crippen molar-refractivity contribution in [3.63, 3.8) is 0 Å². The molecule has 1 aromatic carbocycles. The molecule has 0 saturated heterocycles. The Bertz CT molecular complexity index is 590. The predicted molar refractivity (Wildman–Crippen MR) is 93.1 cm³/mol. The molecule has 1 aromatic heterocycles. The van der Waals surface area contributed by atoms with Crippen LogP contribution in [0.25, 0.3) is 0 Å². The van der Waals surface area contributed by atoms with E-state index in [0.29, 0.717) is 5.92 Å². The van der Waals surface area contributed by atoms with Crippen LogP contribution in [0.1, 0.15) is 55.2 Å². The van der Waals surface area contributed by atoms with Gasteiger partial charge in [0.2, 0.25) is 5.91 Å². The average Bonchev–Trinajstić information content (AvgIpc) is 3.05. The molecule has 0 spiro atoms. The van der Waals surface area contributed by atoms with Gasteiger partial charge in [0.05, 0.1) is 12.1 Å². The molecule has 22 heavy (non-hydrogen) atoms. The lowest BCUT2D eigenvalue weighted by molar-refractivity contribution is -0.122. The summed E-state index contributed by atoms with van der Waals surface area (Å²) < 4.78 is 0. The zero-order chi connectivity index (χ0) is 16.1. The second kappa shape index (κ2) is 7.56. The normalized spacial score (nSPS) is 15.1. The molecule has 3 N–H and O–H groups in total. The Kier molecular flexibility index (Phi) is 5.75. The third-order valence-corrected chi connectivity index (χ3v) is 4.92. The summed E-state index contributed by atoms with van der Waals surface area (Å²) in [5.74, 6) is 0.414. The van der Waals surface area contributed by atoms with Gasteiger partial charge < -0.3 is 11.1 Å². The Morgan fingerprint density at radius 3 is 2.32 bits per heavy atom. The molecule has 0 radical (unpaired) electrons. The van der Waals surface area contributed by atoms with E-state index in [1.165, 1.54) is 5.56 Å². The first-order valence-corrected chi connectivity index (χ1v) is 8.60. The van der Waals surface area contributed by atoms with Crippen molar-refractivity contribution < 1.29 is 4.79 Å². The van der Waals surface area contributed by atoms with Crippen LogP contribution in [0.4, 0.5) is 0 Å². The third-order valence-electron chi connectivity index (χ3n) is 3.98. The monoisotopic (exact) mass is 316 g/mol. The van der Waals surface area contributed by atoms with Gasteiger partial charge in [-0.05, 0) is 41.8 Å². The summed E-state index contributed by atoms with van der Waals surface area (Å²) in [7, 11) is 0. The first-order valence-electron chi connectivity index (χ1n) is 7.72. The number of carbonyl (C=O) groups excluding carboxylic acids is 1. The second-order valence-electron chi connectivity index (χ2n) is 5.72. The molecule has 2 unspecified atom stereocenters. The first kappa shape index (κ1) is 16.7. The minimum Gasteiger partial charge on any atom is -0.343 e. The highest BCUT2D eigenvalue weighted by Crippen LogP contribution is 2.28. The van der Waals surface area contributed by atoms with Crippen molar-refractivity contribution in [1.29, 1.82) is 0 Å². The van der Waals surface area contributed by atoms with E-state index in [1.807, 2.05) is 17.5 Å². The van der Waals surface area contributed by atoms with Crippen LogP contribution < -0.4 is 11.1 Å². The van der Waals surface area contributed by atoms with Crippen molar-refractivity contribution in [1.82, 2.24) is 5.32 Å². The first-order chi connectivity index (χ1) is 10.5. The van der Waals surface area contributed by atoms with Gasteiger partial charge >= 0.3 is 0 Å². The number of carbonyl (C=O) groups is 1. The molecule has 2 aromatic rings. The second-order valence-corrected chi connectivity index (χ2v) is 6.70. The summed E-state index contributed by atoms with van der Waals surface area (Å²) in [6, 6.07) is 11.9. The zero-order valence-corrected chi connectivity index (χ0v) is 14.2. The van der Waals surface area contributed by atoms with Crippen molar-refractivity contribution in [3.05, 3.63) is 57.8 Å². The Morgan fingerprint density at radius 1 is 1.18 bits per heavy atom. The standard InChI is InChI=1S/C18H24N2OS/c1-4-12(2)14-7-9-15(10-8-14)17(16-6-5-11-22-16)20-18(21)13(3)19/h5-13,17H,4,19H2,1-3H3,(H,20,21)/t12?,13-,17?/m1/s1. The van der Waals surface area contributed by atoms with Crippen LogP contribution in [0.5, 0.6) is 0 Å². The van der Waals surface area contributed by atoms with Crippen LogP contribution in [0.15, 0.2) is 41.8 Å². The highest BCUT2D eigenvalue weighted by atomic mass is 32.1. The Labute approximate surface area is 136 Å². The molecule has 4 heteroatoms. The lowest BCUT2D eigenvalue weighted by Gasteiger charge is -2.20. The predicted octanol–water partition coefficient (Wildman–Crippen LogP) is 3.81. The van der Waals surface area contributed by atoms with Gasteiger partial charge in [-0.1, -0.05) is 44.2 Å². The van der Waals surface area contributed by atoms with E-state index in [9.17, 15) is 4.79 Å². The van der Waals surface area contributed by atoms with Gasteiger partial charge in [0.15, 0.2) is 0 Å². The van der Waals surface area contributed by atoms with Crippen molar-refractivity contribution >= 4 is 17.2 Å². The zero-order valence-electron chi connectivity index (χ0n) is 13.4. The molecule has 0 aliphatic carbocycles. The lowest BCUT2D eigenvalue weighted by Crippen LogP contribution is -2.40. The number of benzene rings is 1. The van der Waals surface area contributed by atoms with Gasteiger partial charge in [-0.3, -0.25) is 4.79 Å². The van der Waals surface area contributed by atoms with Crippen LogP contribution >= 0.6 is 11.3 Å². The smallest absolute Gasteiger partial charge is 0.237 e. The number of rotatable bonds is 6. The van der Waals surface area contributed by atoms with E-state index >= 15 is 0 Å². The van der Waals surface area contributed by atoms with Crippen LogP contribution in [-0.4, -0.2) is 11.9 Å². The molecule has 0 saturated carbocycles. The Balaban J connectivity index is 2.27. The maximum atomic E-state index is 12.0. The minimum atomic E-state index is -0.512. The quantitative estimate of drug-likeness (QED) is 0.851. The molecule has 0 aliphatic heterocycles. The van der Waals surface area contributed by atoms with Crippen molar-refractivity contribution in [2.75, 3.05) is 0 Å². The number of nitrogens with one attached hydrogen (secondary N) is 1. The summed E-state index contributed by atoms with van der Waals surface area (Å²) in [5.41, 5.74) is 8.10. The lowest BCUT2D eigenvalue weighted by atomic mass is 9.95. The largest absolute Gasteiger partial charge is 0.343 e. The van der Waals surface area contributed by atoms with Crippen LogP contribution in [-0.2, 0) is 4.79 Å². The fourth-order valence-electron chi connectivity index (χ4n) is 2.30. The van der Waals surface area contributed by atoms with Gasteiger partial charge in [0.1, 0.15) is 0 Å². The van der Waals surface area contributed by atoms with Gasteiger partial charge in [-0.25, -0.2) is 0 Å². The van der Waals surface area contributed by atoms with E-state index in [0.717, 1.165) is 16.9 Å². The number of thiophene rings is 1. The SMILES string of the molecule is CCC(C)c1ccc(C(NC(=O)[C@@H](C)N)c2cccs2)cc1. The number of hydrogen-bond acceptors (Lipinski definition) is 3. The highest BCUT2D eigenvalue weighted by molar-refractivity contribution is 7.10. The van der Waals surface area contributed by atoms with E-state index in [2.05, 4.69) is 43.4 Å². The van der Waals surface area contributed by atoms with Crippen molar-refractivity contribution in [2.45, 2.75) is 45.2 Å². The Morgan fingerprint density at radius 2 is 1.82 bits per heavy atom. The third kappa shape index (κ3) is 3.96. The maximum absolute atomic E-state index is 12.0. The summed E-state index contributed by atoms with van der Waals surface area (Å²) in [6.45, 7) is 6.12. The van der Waals surface area contributed by atoms with Gasteiger partial charge in [0.25, 0.3) is 0 Å². The van der Waals surface area contributed by atoms with E-state index in [1.54, 1.807) is 18.3 Å². The Hall–Kier alpha value is -1.65. The van der Waals surface area contributed by atoms with E-state index in [4.69, 9.17) is 5.73 Å². The van der Waals surface area contributed by atoms with E-state index in [-0.39, 0.29) is 11.9 Å². The molecule has 1 heterocycles. The number of hydrogen-bond donors (Lipinski definition) is 2. The summed E-state index contributed by atoms with van der Waals surface area (Å²) in [5, 5.41) is 5.07. The summed E-state index contributed by atoms with van der Waals surface area (Å²) >= 11 is 1.64. The van der Waals surface area contributed by atoms with E-state index < -0.39 is 6.04 Å². The molecule has 1 amide bonds. The molecule has 118 valence electrons. The minimum absolute atomic E-state index is 0.135. The summed E-state index contributed by atoms with van der Waals surface area (Å²) in [6.07, 6.45) is 1.12. The summed E-state index contributed by atoms with van der Waals surface area (Å²) in [4.78, 5) is 13.1. The highest BCUT2D eigenvalue weighted by Gasteiger charge is 2.19. The molecule has 2 rings (SSSR count). The van der Waals surface area contributed by atoms with Gasteiger partial charge in [-0.2, -0.15) is 0 Å². The molecule has 0 bridgehead atoms. The fraction of sp³-hybridized carbons (Fsp3) is 0.389. The molecule has 0 fully saturated rings. The van der Waals surface area contributed by atoms with Gasteiger partial charge in [-0.15, -0.1) is 11.3 Å². The van der Waals surface area contributed by atoms with Crippen LogP contribution in [0.2, 0.25) is 0 Å². The number of nitrogens with two attached hydrogens (primary N) is 1. The number of amides is 1. The molecular formula is C18H24N2OS.